The Morgan fingerprint density at radius 3 is 2.48 bits per heavy atom. The maximum absolute atomic E-state index is 13.7. The van der Waals surface area contributed by atoms with Gasteiger partial charge in [-0.1, -0.05) is 67.4 Å². The summed E-state index contributed by atoms with van der Waals surface area (Å²) in [5, 5.41) is 5.78. The number of carbonyl (C=O) groups excluding carboxylic acids is 1. The minimum atomic E-state index is -0.714. The molecule has 1 fully saturated rings. The molecular formula is C26H28ClNO3. The molecule has 4 nitrogen and oxygen atoms in total. The first-order chi connectivity index (χ1) is 15.2. The average molecular weight is 438 g/mol. The third-order valence-corrected chi connectivity index (χ3v) is 6.39. The van der Waals surface area contributed by atoms with Gasteiger partial charge in [-0.25, -0.2) is 0 Å². The smallest absolute Gasteiger partial charge is 0.235 e. The Bertz CT molecular complexity index is 1060. The summed E-state index contributed by atoms with van der Waals surface area (Å²) in [7, 11) is 0. The molecular weight excluding hydrogens is 410 g/mol. The van der Waals surface area contributed by atoms with Crippen LogP contribution in [0.15, 0.2) is 60.7 Å². The molecule has 1 N–H and O–H groups in total. The number of halogens is 1. The lowest BCUT2D eigenvalue weighted by atomic mass is 9.73. The Hall–Kier alpha value is -2.56. The van der Waals surface area contributed by atoms with E-state index in [0.29, 0.717) is 37.7 Å². The maximum Gasteiger partial charge on any atom is 0.235 e. The average Bonchev–Trinajstić information content (AvgIpc) is 2.81. The number of rotatable bonds is 7. The number of unbranched alkanes of at least 4 members (excludes halogenated alkanes) is 1. The van der Waals surface area contributed by atoms with Gasteiger partial charge in [-0.3, -0.25) is 4.79 Å². The molecule has 3 aromatic carbocycles. The van der Waals surface area contributed by atoms with Crippen molar-refractivity contribution in [3.8, 4) is 5.75 Å². The number of benzene rings is 3. The lowest BCUT2D eigenvalue weighted by Gasteiger charge is -2.37. The summed E-state index contributed by atoms with van der Waals surface area (Å²) in [6.07, 6.45) is 3.28. The van der Waals surface area contributed by atoms with Crippen LogP contribution in [0.25, 0.3) is 10.8 Å². The number of nitrogens with one attached hydrogen (secondary N) is 1. The fourth-order valence-corrected chi connectivity index (χ4v) is 4.58. The van der Waals surface area contributed by atoms with Gasteiger partial charge in [0.1, 0.15) is 5.75 Å². The van der Waals surface area contributed by atoms with E-state index in [9.17, 15) is 4.79 Å². The zero-order valence-electron chi connectivity index (χ0n) is 17.8. The Morgan fingerprint density at radius 2 is 1.74 bits per heavy atom. The minimum Gasteiger partial charge on any atom is -0.493 e. The van der Waals surface area contributed by atoms with Crippen LogP contribution >= 0.6 is 11.6 Å². The third-order valence-electron chi connectivity index (χ3n) is 6.06. The number of hydrogen-bond acceptors (Lipinski definition) is 3. The van der Waals surface area contributed by atoms with E-state index in [1.807, 2.05) is 60.7 Å². The van der Waals surface area contributed by atoms with Crippen LogP contribution in [0.1, 0.15) is 38.2 Å². The summed E-state index contributed by atoms with van der Waals surface area (Å²) < 4.78 is 11.6. The minimum absolute atomic E-state index is 0.0475. The lowest BCUT2D eigenvalue weighted by Crippen LogP contribution is -2.45. The van der Waals surface area contributed by atoms with Gasteiger partial charge in [0.2, 0.25) is 5.91 Å². The fraction of sp³-hybridized carbons (Fsp3) is 0.346. The van der Waals surface area contributed by atoms with Crippen LogP contribution in [-0.4, -0.2) is 25.7 Å². The number of amides is 1. The standard InChI is InChI=1S/C26H28ClNO3/c1-2-3-16-31-24-13-12-23(19-8-4-5-9-20(19)24)28-25(29)26(14-17-30-18-15-26)21-10-6-7-11-22(21)27/h4-13H,2-3,14-18H2,1H3,(H,28,29). The molecule has 0 saturated carbocycles. The molecule has 162 valence electrons. The van der Waals surface area contributed by atoms with Gasteiger partial charge in [0.05, 0.1) is 12.0 Å². The molecule has 1 saturated heterocycles. The summed E-state index contributed by atoms with van der Waals surface area (Å²) in [4.78, 5) is 13.7. The van der Waals surface area contributed by atoms with Crippen molar-refractivity contribution in [2.24, 2.45) is 0 Å². The Balaban J connectivity index is 1.68. The fourth-order valence-electron chi connectivity index (χ4n) is 4.26. The molecule has 31 heavy (non-hydrogen) atoms. The van der Waals surface area contributed by atoms with Crippen molar-refractivity contribution in [3.63, 3.8) is 0 Å². The second-order valence-electron chi connectivity index (χ2n) is 7.99. The van der Waals surface area contributed by atoms with E-state index >= 15 is 0 Å². The molecule has 1 aliphatic heterocycles. The van der Waals surface area contributed by atoms with Crippen LogP contribution in [0.3, 0.4) is 0 Å². The molecule has 0 aliphatic carbocycles. The molecule has 0 atom stereocenters. The first kappa shape index (κ1) is 21.7. The van der Waals surface area contributed by atoms with Crippen LogP contribution in [0.4, 0.5) is 5.69 Å². The van der Waals surface area contributed by atoms with E-state index in [2.05, 4.69) is 12.2 Å². The van der Waals surface area contributed by atoms with E-state index in [1.54, 1.807) is 0 Å². The molecule has 0 radical (unpaired) electrons. The van der Waals surface area contributed by atoms with Crippen molar-refractivity contribution in [2.75, 3.05) is 25.1 Å². The highest BCUT2D eigenvalue weighted by atomic mass is 35.5. The van der Waals surface area contributed by atoms with Gasteiger partial charge in [0.25, 0.3) is 0 Å². The van der Waals surface area contributed by atoms with Crippen molar-refractivity contribution in [1.29, 1.82) is 0 Å². The maximum atomic E-state index is 13.7. The third kappa shape index (κ3) is 4.41. The largest absolute Gasteiger partial charge is 0.493 e. The monoisotopic (exact) mass is 437 g/mol. The molecule has 0 bridgehead atoms. The molecule has 3 aromatic rings. The zero-order chi connectivity index (χ0) is 21.7. The van der Waals surface area contributed by atoms with Gasteiger partial charge >= 0.3 is 0 Å². The predicted octanol–water partition coefficient (Wildman–Crippen LogP) is 6.36. The van der Waals surface area contributed by atoms with Crippen LogP contribution in [-0.2, 0) is 14.9 Å². The second kappa shape index (κ2) is 9.71. The molecule has 0 aromatic heterocycles. The highest BCUT2D eigenvalue weighted by Crippen LogP contribution is 2.40. The van der Waals surface area contributed by atoms with Crippen molar-refractivity contribution >= 4 is 34.0 Å². The first-order valence-corrected chi connectivity index (χ1v) is 11.3. The van der Waals surface area contributed by atoms with Crippen LogP contribution in [0.2, 0.25) is 5.02 Å². The van der Waals surface area contributed by atoms with Gasteiger partial charge in [-0.2, -0.15) is 0 Å². The van der Waals surface area contributed by atoms with Crippen molar-refractivity contribution in [1.82, 2.24) is 0 Å². The van der Waals surface area contributed by atoms with Crippen molar-refractivity contribution in [3.05, 3.63) is 71.2 Å². The number of ether oxygens (including phenoxy) is 2. The van der Waals surface area contributed by atoms with E-state index in [1.165, 1.54) is 0 Å². The Morgan fingerprint density at radius 1 is 1.03 bits per heavy atom. The zero-order valence-corrected chi connectivity index (χ0v) is 18.6. The van der Waals surface area contributed by atoms with Crippen LogP contribution in [0.5, 0.6) is 5.75 Å². The highest BCUT2D eigenvalue weighted by molar-refractivity contribution is 6.32. The van der Waals surface area contributed by atoms with Crippen LogP contribution in [0, 0.1) is 0 Å². The van der Waals surface area contributed by atoms with Crippen molar-refractivity contribution < 1.29 is 14.3 Å². The SMILES string of the molecule is CCCCOc1ccc(NC(=O)C2(c3ccccc3Cl)CCOCC2)c2ccccc12. The van der Waals surface area contributed by atoms with Gasteiger partial charge in [-0.15, -0.1) is 0 Å². The summed E-state index contributed by atoms with van der Waals surface area (Å²) in [6, 6.07) is 19.5. The van der Waals surface area contributed by atoms with E-state index in [-0.39, 0.29) is 5.91 Å². The normalized spacial score (nSPS) is 15.5. The molecule has 1 heterocycles. The highest BCUT2D eigenvalue weighted by Gasteiger charge is 2.43. The molecule has 0 unspecified atom stereocenters. The lowest BCUT2D eigenvalue weighted by molar-refractivity contribution is -0.125. The van der Waals surface area contributed by atoms with E-state index < -0.39 is 5.41 Å². The molecule has 4 rings (SSSR count). The summed E-state index contributed by atoms with van der Waals surface area (Å²) in [6.45, 7) is 3.89. The topological polar surface area (TPSA) is 47.6 Å². The number of hydrogen-bond donors (Lipinski definition) is 1. The van der Waals surface area contributed by atoms with E-state index in [4.69, 9.17) is 21.1 Å². The molecule has 1 amide bonds. The molecule has 5 heteroatoms. The number of anilines is 1. The van der Waals surface area contributed by atoms with Crippen molar-refractivity contribution in [2.45, 2.75) is 38.0 Å². The van der Waals surface area contributed by atoms with Gasteiger partial charge in [0, 0.05) is 34.7 Å². The quantitative estimate of drug-likeness (QED) is 0.437. The Labute approximate surface area is 188 Å². The second-order valence-corrected chi connectivity index (χ2v) is 8.39. The summed E-state index contributed by atoms with van der Waals surface area (Å²) in [5.74, 6) is 0.794. The molecule has 0 spiro atoms. The number of carbonyl (C=O) groups is 1. The Kier molecular flexibility index (Phi) is 6.79. The first-order valence-electron chi connectivity index (χ1n) is 10.9. The predicted molar refractivity (Wildman–Crippen MR) is 126 cm³/mol. The summed E-state index contributed by atoms with van der Waals surface area (Å²) >= 11 is 6.53. The molecule has 1 aliphatic rings. The van der Waals surface area contributed by atoms with Gasteiger partial charge in [-0.05, 0) is 43.0 Å². The van der Waals surface area contributed by atoms with Crippen LogP contribution < -0.4 is 10.1 Å². The number of fused-ring (bicyclic) bond motifs is 1. The summed E-state index contributed by atoms with van der Waals surface area (Å²) in [5.41, 5.74) is 0.927. The van der Waals surface area contributed by atoms with Gasteiger partial charge < -0.3 is 14.8 Å². The van der Waals surface area contributed by atoms with E-state index in [0.717, 1.165) is 40.6 Å². The van der Waals surface area contributed by atoms with Gasteiger partial charge in [0.15, 0.2) is 0 Å².